The summed E-state index contributed by atoms with van der Waals surface area (Å²) in [4.78, 5) is 23.2. The van der Waals surface area contributed by atoms with Gasteiger partial charge in [0.25, 0.3) is 5.91 Å². The van der Waals surface area contributed by atoms with E-state index in [0.29, 0.717) is 23.3 Å². The summed E-state index contributed by atoms with van der Waals surface area (Å²) in [6.45, 7) is 8.15. The van der Waals surface area contributed by atoms with Crippen molar-refractivity contribution in [2.24, 2.45) is 5.92 Å². The maximum atomic E-state index is 12.6. The molecule has 25 heavy (non-hydrogen) atoms. The van der Waals surface area contributed by atoms with Crippen LogP contribution in [0.4, 0.5) is 11.6 Å². The van der Waals surface area contributed by atoms with Crippen LogP contribution >= 0.6 is 0 Å². The molecule has 0 radical (unpaired) electrons. The lowest BCUT2D eigenvalue weighted by molar-refractivity contribution is 0.0682. The molecule has 5 nitrogen and oxygen atoms in total. The topological polar surface area (TPSA) is 58.1 Å². The summed E-state index contributed by atoms with van der Waals surface area (Å²) in [7, 11) is 0. The molecule has 1 aromatic carbocycles. The maximum absolute atomic E-state index is 12.6. The highest BCUT2D eigenvalue weighted by atomic mass is 16.2. The van der Waals surface area contributed by atoms with Gasteiger partial charge in [0.1, 0.15) is 0 Å². The molecule has 3 rings (SSSR count). The molecule has 1 aliphatic heterocycles. The highest BCUT2D eigenvalue weighted by Gasteiger charge is 2.22. The summed E-state index contributed by atoms with van der Waals surface area (Å²) in [5, 5.41) is 3.26. The number of hydrogen-bond acceptors (Lipinski definition) is 4. The predicted molar refractivity (Wildman–Crippen MR) is 100 cm³/mol. The van der Waals surface area contributed by atoms with E-state index < -0.39 is 0 Å². The number of likely N-dealkylation sites (tertiary alicyclic amines) is 1. The lowest BCUT2D eigenvalue weighted by atomic mass is 10.00. The van der Waals surface area contributed by atoms with Gasteiger partial charge in [-0.25, -0.2) is 9.97 Å². The largest absolute Gasteiger partial charge is 0.338 e. The zero-order valence-corrected chi connectivity index (χ0v) is 15.2. The van der Waals surface area contributed by atoms with Crippen LogP contribution in [0, 0.1) is 5.92 Å². The minimum atomic E-state index is 0.0284. The molecule has 1 amide bonds. The number of aromatic nitrogens is 2. The Morgan fingerprint density at radius 2 is 1.96 bits per heavy atom. The first kappa shape index (κ1) is 17.4. The van der Waals surface area contributed by atoms with Crippen LogP contribution in [0.25, 0.3) is 0 Å². The van der Waals surface area contributed by atoms with Crippen molar-refractivity contribution in [3.8, 4) is 0 Å². The number of hydrogen-bond donors (Lipinski definition) is 1. The Balaban J connectivity index is 1.71. The van der Waals surface area contributed by atoms with Gasteiger partial charge in [-0.1, -0.05) is 39.0 Å². The molecule has 2 aromatic rings. The van der Waals surface area contributed by atoms with E-state index in [4.69, 9.17) is 0 Å². The lowest BCUT2D eigenvalue weighted by Gasteiger charge is -2.30. The predicted octanol–water partition coefficient (Wildman–Crippen LogP) is 4.22. The molecule has 2 heterocycles. The first-order chi connectivity index (χ1) is 12.0. The third-order valence-corrected chi connectivity index (χ3v) is 4.67. The van der Waals surface area contributed by atoms with E-state index in [1.54, 1.807) is 12.4 Å². The van der Waals surface area contributed by atoms with E-state index in [0.717, 1.165) is 25.2 Å². The van der Waals surface area contributed by atoms with Crippen LogP contribution in [0.1, 0.15) is 55.5 Å². The van der Waals surface area contributed by atoms with E-state index in [1.807, 2.05) is 23.1 Å². The van der Waals surface area contributed by atoms with Gasteiger partial charge in [-0.15, -0.1) is 0 Å². The van der Waals surface area contributed by atoms with Gasteiger partial charge in [0.15, 0.2) is 0 Å². The maximum Gasteiger partial charge on any atom is 0.257 e. The van der Waals surface area contributed by atoms with E-state index in [9.17, 15) is 4.79 Å². The number of piperidine rings is 1. The van der Waals surface area contributed by atoms with E-state index in [2.05, 4.69) is 42.1 Å². The Morgan fingerprint density at radius 1 is 1.24 bits per heavy atom. The first-order valence-electron chi connectivity index (χ1n) is 9.02. The highest BCUT2D eigenvalue weighted by Crippen LogP contribution is 2.25. The summed E-state index contributed by atoms with van der Waals surface area (Å²) in [6, 6.07) is 8.14. The van der Waals surface area contributed by atoms with Crippen LogP contribution in [-0.2, 0) is 0 Å². The second-order valence-electron chi connectivity index (χ2n) is 7.16. The van der Waals surface area contributed by atoms with Crippen LogP contribution < -0.4 is 5.32 Å². The lowest BCUT2D eigenvalue weighted by Crippen LogP contribution is -2.39. The second kappa shape index (κ2) is 7.64. The van der Waals surface area contributed by atoms with Gasteiger partial charge >= 0.3 is 0 Å². The summed E-state index contributed by atoms with van der Waals surface area (Å²) < 4.78 is 0. The molecule has 1 unspecified atom stereocenters. The molecule has 0 bridgehead atoms. The molecule has 1 aromatic heterocycles. The third kappa shape index (κ3) is 4.16. The second-order valence-corrected chi connectivity index (χ2v) is 7.16. The Hall–Kier alpha value is -2.43. The summed E-state index contributed by atoms with van der Waals surface area (Å²) in [5.41, 5.74) is 2.77. The SMILES string of the molecule is CC1CCCN(C(=O)c2cnc(Nc3ccccc3C(C)C)nc2)C1. The standard InChI is InChI=1S/C20H26N4O/c1-14(2)17-8-4-5-9-18(17)23-20-21-11-16(12-22-20)19(25)24-10-6-7-15(3)13-24/h4-5,8-9,11-12,14-15H,6-7,10,13H2,1-3H3,(H,21,22,23). The monoisotopic (exact) mass is 338 g/mol. The molecule has 0 spiro atoms. The van der Waals surface area contributed by atoms with Crippen molar-refractivity contribution >= 4 is 17.5 Å². The zero-order chi connectivity index (χ0) is 17.8. The van der Waals surface area contributed by atoms with Crippen molar-refractivity contribution < 1.29 is 4.79 Å². The van der Waals surface area contributed by atoms with Crippen molar-refractivity contribution in [1.82, 2.24) is 14.9 Å². The fraction of sp³-hybridized carbons (Fsp3) is 0.450. The van der Waals surface area contributed by atoms with Crippen molar-refractivity contribution in [2.75, 3.05) is 18.4 Å². The smallest absolute Gasteiger partial charge is 0.257 e. The Kier molecular flexibility index (Phi) is 5.31. The summed E-state index contributed by atoms with van der Waals surface area (Å²) in [5.74, 6) is 1.51. The summed E-state index contributed by atoms with van der Waals surface area (Å²) >= 11 is 0. The van der Waals surface area contributed by atoms with Gasteiger partial charge in [-0.2, -0.15) is 0 Å². The molecule has 1 atom stereocenters. The van der Waals surface area contributed by atoms with Gasteiger partial charge < -0.3 is 10.2 Å². The van der Waals surface area contributed by atoms with Crippen LogP contribution in [0.3, 0.4) is 0 Å². The minimum Gasteiger partial charge on any atom is -0.338 e. The quantitative estimate of drug-likeness (QED) is 0.907. The average Bonchev–Trinajstić information content (AvgIpc) is 2.62. The Morgan fingerprint density at radius 3 is 2.64 bits per heavy atom. The molecule has 1 N–H and O–H groups in total. The molecular formula is C20H26N4O. The van der Waals surface area contributed by atoms with Gasteiger partial charge in [-0.05, 0) is 36.3 Å². The fourth-order valence-electron chi connectivity index (χ4n) is 3.29. The van der Waals surface area contributed by atoms with Crippen LogP contribution in [0.5, 0.6) is 0 Å². The van der Waals surface area contributed by atoms with Gasteiger partial charge in [0, 0.05) is 31.2 Å². The number of carbonyl (C=O) groups is 1. The van der Waals surface area contributed by atoms with Crippen LogP contribution in [0.2, 0.25) is 0 Å². The van der Waals surface area contributed by atoms with E-state index in [1.165, 1.54) is 12.0 Å². The van der Waals surface area contributed by atoms with Gasteiger partial charge in [0.2, 0.25) is 5.95 Å². The number of anilines is 2. The third-order valence-electron chi connectivity index (χ3n) is 4.67. The zero-order valence-electron chi connectivity index (χ0n) is 15.2. The molecule has 132 valence electrons. The fourth-order valence-corrected chi connectivity index (χ4v) is 3.29. The number of nitrogens with zero attached hydrogens (tertiary/aromatic N) is 3. The van der Waals surface area contributed by atoms with E-state index in [-0.39, 0.29) is 5.91 Å². The molecule has 0 saturated carbocycles. The molecule has 1 saturated heterocycles. The van der Waals surface area contributed by atoms with Crippen LogP contribution in [0.15, 0.2) is 36.7 Å². The van der Waals surface area contributed by atoms with Crippen molar-refractivity contribution in [1.29, 1.82) is 0 Å². The van der Waals surface area contributed by atoms with Gasteiger partial charge in [0.05, 0.1) is 5.56 Å². The van der Waals surface area contributed by atoms with Crippen molar-refractivity contribution in [3.05, 3.63) is 47.8 Å². The molecule has 5 heteroatoms. The number of nitrogens with one attached hydrogen (secondary N) is 1. The Labute approximate surface area is 149 Å². The minimum absolute atomic E-state index is 0.0284. The number of benzene rings is 1. The number of para-hydroxylation sites is 1. The normalized spacial score (nSPS) is 17.6. The van der Waals surface area contributed by atoms with E-state index >= 15 is 0 Å². The molecule has 0 aliphatic carbocycles. The van der Waals surface area contributed by atoms with Crippen molar-refractivity contribution in [2.45, 2.75) is 39.5 Å². The summed E-state index contributed by atoms with van der Waals surface area (Å²) in [6.07, 6.45) is 5.50. The van der Waals surface area contributed by atoms with Gasteiger partial charge in [-0.3, -0.25) is 4.79 Å². The molecule has 1 aliphatic rings. The average molecular weight is 338 g/mol. The number of rotatable bonds is 4. The number of amides is 1. The van der Waals surface area contributed by atoms with Crippen LogP contribution in [-0.4, -0.2) is 33.9 Å². The highest BCUT2D eigenvalue weighted by molar-refractivity contribution is 5.93. The first-order valence-corrected chi connectivity index (χ1v) is 9.02. The molecule has 1 fully saturated rings. The Bertz CT molecular complexity index is 727. The number of carbonyl (C=O) groups excluding carboxylic acids is 1. The molecular weight excluding hydrogens is 312 g/mol. The van der Waals surface area contributed by atoms with Crippen molar-refractivity contribution in [3.63, 3.8) is 0 Å².